The van der Waals surface area contributed by atoms with Crippen molar-refractivity contribution in [2.45, 2.75) is 140 Å². The summed E-state index contributed by atoms with van der Waals surface area (Å²) >= 11 is 0. The Kier molecular flexibility index (Phi) is 52.2. The number of allylic oxidation sites excluding steroid dienone is 7. The molecule has 0 spiro atoms. The summed E-state index contributed by atoms with van der Waals surface area (Å²) in [6, 6.07) is 0. The van der Waals surface area contributed by atoms with Crippen LogP contribution in [0.4, 0.5) is 0 Å². The van der Waals surface area contributed by atoms with E-state index < -0.39 is 7.32 Å². The van der Waals surface area contributed by atoms with Crippen molar-refractivity contribution < 1.29 is 65.9 Å². The third-order valence-corrected chi connectivity index (χ3v) is 10.2. The van der Waals surface area contributed by atoms with Crippen LogP contribution in [0.25, 0.3) is 0 Å². The summed E-state index contributed by atoms with van der Waals surface area (Å²) in [6.07, 6.45) is 56.5. The summed E-state index contributed by atoms with van der Waals surface area (Å²) in [5.74, 6) is 0. The molecule has 0 aliphatic carbocycles. The molecule has 0 saturated carbocycles. The molecule has 0 aliphatic heterocycles. The molecular formula is C56H91BF4N14O3. The highest BCUT2D eigenvalue weighted by atomic mass is 19.0. The van der Waals surface area contributed by atoms with Gasteiger partial charge in [0.2, 0.25) is 44.3 Å². The molecule has 0 N–H and O–H groups in total. The number of halogens is 4. The third kappa shape index (κ3) is 38.0. The number of hydrogen-bond acceptors (Lipinski definition) is 3. The van der Waals surface area contributed by atoms with E-state index in [-0.39, 0.29) is 18.8 Å². The van der Waals surface area contributed by atoms with Crippen LogP contribution < -0.4 is 65.9 Å². The van der Waals surface area contributed by atoms with Crippen molar-refractivity contribution >= 4 is 7.32 Å². The van der Waals surface area contributed by atoms with Crippen molar-refractivity contribution in [3.63, 3.8) is 0 Å². The van der Waals surface area contributed by atoms with E-state index in [0.29, 0.717) is 0 Å². The molecule has 17 nitrogen and oxygen atoms in total. The molecule has 0 radical (unpaired) electrons. The number of imidazole rings is 7. The molecule has 0 aliphatic rings. The van der Waals surface area contributed by atoms with Gasteiger partial charge in [-0.15, -0.1) is 0 Å². The molecule has 7 aromatic rings. The monoisotopic (exact) mass is 1090 g/mol. The second-order valence-electron chi connectivity index (χ2n) is 15.9. The van der Waals surface area contributed by atoms with E-state index in [4.69, 9.17) is 15.1 Å². The Morgan fingerprint density at radius 2 is 0.385 bits per heavy atom. The molecule has 0 saturated heterocycles. The molecule has 0 amide bonds. The Balaban J connectivity index is -0.000000260. The summed E-state index contributed by atoms with van der Waals surface area (Å²) in [5, 5.41) is 25.2. The van der Waals surface area contributed by atoms with Crippen molar-refractivity contribution in [3.05, 3.63) is 220 Å². The number of nitrogens with zero attached hydrogens (tertiary/aromatic N) is 14. The van der Waals surface area contributed by atoms with Crippen LogP contribution >= 0.6 is 0 Å². The highest BCUT2D eigenvalue weighted by Crippen LogP contribution is 1.87. The van der Waals surface area contributed by atoms with Gasteiger partial charge in [-0.25, -0.2) is 63.9 Å². The van der Waals surface area contributed by atoms with Crippen molar-refractivity contribution in [2.75, 3.05) is 0 Å². The number of hydrogen-bond donors (Lipinski definition) is 0. The van der Waals surface area contributed by atoms with E-state index in [0.717, 1.165) is 91.6 Å². The average Bonchev–Trinajstić information content (AvgIpc) is 4.27. The molecule has 7 aromatic heterocycles. The Hall–Kier alpha value is -7.69. The Bertz CT molecular complexity index is 2060. The highest BCUT2D eigenvalue weighted by Gasteiger charge is 2.02. The molecule has 22 heteroatoms. The van der Waals surface area contributed by atoms with Crippen LogP contribution in [0.15, 0.2) is 220 Å². The van der Waals surface area contributed by atoms with Gasteiger partial charge >= 0.3 is 0 Å². The topological polar surface area (TPSA) is 131 Å². The SMILES string of the molecule is C=CC[n+]1ccn(CC)c1.C=CC[n+]1ccn(CC)c1.C=CC[n+]1ccn(CC)c1.C=CC[n+]1ccn(CC)c1.C=CC[n+]1ccn(CC)c1.C=CC[n+]1ccn(CC)c1.C=CC[n+]1ccn(CC)c1.[F-].[F-].[F-].[F-].[O-]B([O-])[O-]. The fourth-order valence-electron chi connectivity index (χ4n) is 6.18. The zero-order valence-corrected chi connectivity index (χ0v) is 47.6. The molecule has 7 heterocycles. The first-order chi connectivity index (χ1) is 35.8. The summed E-state index contributed by atoms with van der Waals surface area (Å²) in [6.45, 7) is 54.0. The number of rotatable bonds is 21. The van der Waals surface area contributed by atoms with E-state index in [1.54, 1.807) is 0 Å². The van der Waals surface area contributed by atoms with Crippen LogP contribution in [0.1, 0.15) is 48.5 Å². The molecule has 7 rings (SSSR count). The van der Waals surface area contributed by atoms with Crippen LogP contribution in [-0.4, -0.2) is 39.3 Å². The Labute approximate surface area is 463 Å². The Morgan fingerprint density at radius 3 is 0.449 bits per heavy atom. The number of aromatic nitrogens is 14. The van der Waals surface area contributed by atoms with Crippen molar-refractivity contribution in [3.8, 4) is 0 Å². The summed E-state index contributed by atoms with van der Waals surface area (Å²) < 4.78 is 29.6. The van der Waals surface area contributed by atoms with E-state index >= 15 is 0 Å². The lowest BCUT2D eigenvalue weighted by molar-refractivity contribution is -0.686. The maximum absolute atomic E-state index is 8.42. The lowest BCUT2D eigenvalue weighted by atomic mass is 10.3. The van der Waals surface area contributed by atoms with Crippen LogP contribution in [0.2, 0.25) is 0 Å². The van der Waals surface area contributed by atoms with Gasteiger partial charge in [0, 0.05) is 0 Å². The molecule has 0 aromatic carbocycles. The molecule has 0 bridgehead atoms. The summed E-state index contributed by atoms with van der Waals surface area (Å²) in [4.78, 5) is 0. The maximum Gasteiger partial charge on any atom is 0.244 e. The predicted octanol–water partition coefficient (Wildman–Crippen LogP) is -9.06. The molecule has 0 unspecified atom stereocenters. The van der Waals surface area contributed by atoms with E-state index in [1.165, 1.54) is 0 Å². The normalized spacial score (nSPS) is 9.05. The maximum atomic E-state index is 8.42. The fraction of sp³-hybridized carbons (Fsp3) is 0.375. The minimum atomic E-state index is -2.92. The van der Waals surface area contributed by atoms with Gasteiger partial charge < -0.3 is 33.9 Å². The molecule has 0 atom stereocenters. The van der Waals surface area contributed by atoms with Gasteiger partial charge in [0.05, 0.1) is 45.8 Å². The van der Waals surface area contributed by atoms with Crippen LogP contribution in [0.5, 0.6) is 0 Å². The van der Waals surface area contributed by atoms with Gasteiger partial charge in [0.1, 0.15) is 133 Å². The molecule has 0 fully saturated rings. The smallest absolute Gasteiger partial charge is 0.244 e. The minimum absolute atomic E-state index is 0. The standard InChI is InChI=1S/7C8H13N2.BO3.4FH/c7*1-3-5-10-7-6-9(4-2)8-10;2-1(3)4;;;;/h7*3,6-8H,1,4-5H2,2H3;;4*1H/q7*+1;-3;;;;/p-4. The third-order valence-electron chi connectivity index (χ3n) is 10.2. The highest BCUT2D eigenvalue weighted by molar-refractivity contribution is 6.24. The van der Waals surface area contributed by atoms with Gasteiger partial charge in [-0.2, -0.15) is 0 Å². The first-order valence-corrected chi connectivity index (χ1v) is 25.4. The second kappa shape index (κ2) is 51.4. The quantitative estimate of drug-likeness (QED) is 0.0307. The molecule has 78 heavy (non-hydrogen) atoms. The fourth-order valence-corrected chi connectivity index (χ4v) is 6.18. The summed E-state index contributed by atoms with van der Waals surface area (Å²) in [5.41, 5.74) is 0. The minimum Gasteiger partial charge on any atom is -1.00 e. The van der Waals surface area contributed by atoms with Crippen molar-refractivity contribution in [1.82, 2.24) is 32.0 Å². The van der Waals surface area contributed by atoms with Crippen LogP contribution in [0, 0.1) is 0 Å². The van der Waals surface area contributed by atoms with E-state index in [9.17, 15) is 0 Å². The predicted molar refractivity (Wildman–Crippen MR) is 289 cm³/mol. The lowest BCUT2D eigenvalue weighted by Crippen LogP contribution is -3.00. The average molecular weight is 1100 g/mol. The van der Waals surface area contributed by atoms with Crippen molar-refractivity contribution in [1.29, 1.82) is 0 Å². The number of aryl methyl sites for hydroxylation is 7. The van der Waals surface area contributed by atoms with Crippen molar-refractivity contribution in [2.24, 2.45) is 0 Å². The molecular weight excluding hydrogens is 1000 g/mol. The first kappa shape index (κ1) is 79.2. The van der Waals surface area contributed by atoms with Gasteiger partial charge in [-0.1, -0.05) is 88.6 Å². The van der Waals surface area contributed by atoms with Gasteiger partial charge in [-0.05, 0) is 48.5 Å². The van der Waals surface area contributed by atoms with E-state index in [2.05, 4.69) is 246 Å². The molecule has 434 valence electrons. The van der Waals surface area contributed by atoms with E-state index in [1.807, 2.05) is 85.9 Å². The summed E-state index contributed by atoms with van der Waals surface area (Å²) in [7, 11) is -2.92. The van der Waals surface area contributed by atoms with Crippen LogP contribution in [0.3, 0.4) is 0 Å². The first-order valence-electron chi connectivity index (χ1n) is 25.4. The van der Waals surface area contributed by atoms with Gasteiger partial charge in [-0.3, -0.25) is 7.32 Å². The van der Waals surface area contributed by atoms with Gasteiger partial charge in [0.15, 0.2) is 0 Å². The zero-order valence-electron chi connectivity index (χ0n) is 47.6. The van der Waals surface area contributed by atoms with Gasteiger partial charge in [0.25, 0.3) is 0 Å². The van der Waals surface area contributed by atoms with Crippen LogP contribution in [-0.2, 0) is 91.6 Å². The second-order valence-corrected chi connectivity index (χ2v) is 15.9. The zero-order chi connectivity index (χ0) is 55.4. The lowest BCUT2D eigenvalue weighted by Gasteiger charge is -2.35. The Morgan fingerprint density at radius 1 is 0.282 bits per heavy atom. The largest absolute Gasteiger partial charge is 1.00 e.